The lowest BCUT2D eigenvalue weighted by Gasteiger charge is -2.21. The molecule has 1 rings (SSSR count). The van der Waals surface area contributed by atoms with Gasteiger partial charge in [-0.25, -0.2) is 4.79 Å². The average Bonchev–Trinajstić information content (AvgIpc) is 2.39. The number of nitrogens with zero attached hydrogens (tertiary/aromatic N) is 1. The van der Waals surface area contributed by atoms with Crippen molar-refractivity contribution in [3.8, 4) is 0 Å². The largest absolute Gasteiger partial charge is 0.466 e. The molecule has 0 spiro atoms. The first kappa shape index (κ1) is 14.0. The number of para-hydroxylation sites is 1. The number of allylic oxidation sites excluding steroid dienone is 1. The van der Waals surface area contributed by atoms with E-state index < -0.39 is 5.97 Å². The number of amides is 1. The zero-order valence-corrected chi connectivity index (χ0v) is 10.8. The van der Waals surface area contributed by atoms with Gasteiger partial charge in [-0.15, -0.1) is 0 Å². The van der Waals surface area contributed by atoms with Gasteiger partial charge in [0.05, 0.1) is 19.2 Å². The van der Waals surface area contributed by atoms with Crippen LogP contribution in [0, 0.1) is 0 Å². The van der Waals surface area contributed by atoms with Gasteiger partial charge < -0.3 is 9.64 Å². The van der Waals surface area contributed by atoms with Gasteiger partial charge in [0, 0.05) is 12.6 Å². The summed E-state index contributed by atoms with van der Waals surface area (Å²) >= 11 is 0. The number of carbonyl (C=O) groups excluding carboxylic acids is 2. The van der Waals surface area contributed by atoms with Crippen molar-refractivity contribution in [1.82, 2.24) is 0 Å². The first-order valence-electron chi connectivity index (χ1n) is 5.66. The Labute approximate surface area is 107 Å². The minimum Gasteiger partial charge on any atom is -0.466 e. The van der Waals surface area contributed by atoms with Crippen molar-refractivity contribution >= 4 is 17.6 Å². The molecule has 0 N–H and O–H groups in total. The van der Waals surface area contributed by atoms with Crippen LogP contribution in [0.5, 0.6) is 0 Å². The molecule has 0 saturated carbocycles. The zero-order valence-electron chi connectivity index (χ0n) is 10.8. The van der Waals surface area contributed by atoms with Crippen molar-refractivity contribution < 1.29 is 14.3 Å². The standard InChI is InChI=1S/C14H17NO3/c1-4-12(14(17)18-3)10-15(11(2)16)13-8-6-5-7-9-13/h4-9H,10H2,1-3H3/b12-4+. The van der Waals surface area contributed by atoms with Gasteiger partial charge >= 0.3 is 5.97 Å². The molecule has 0 bridgehead atoms. The smallest absolute Gasteiger partial charge is 0.335 e. The van der Waals surface area contributed by atoms with Crippen molar-refractivity contribution in [2.24, 2.45) is 0 Å². The van der Waals surface area contributed by atoms with E-state index in [1.807, 2.05) is 30.3 Å². The topological polar surface area (TPSA) is 46.6 Å². The normalized spacial score (nSPS) is 10.9. The van der Waals surface area contributed by atoms with Crippen molar-refractivity contribution in [2.45, 2.75) is 13.8 Å². The number of hydrogen-bond acceptors (Lipinski definition) is 3. The van der Waals surface area contributed by atoms with E-state index >= 15 is 0 Å². The number of hydrogen-bond donors (Lipinski definition) is 0. The van der Waals surface area contributed by atoms with E-state index in [0.29, 0.717) is 5.57 Å². The summed E-state index contributed by atoms with van der Waals surface area (Å²) in [6.07, 6.45) is 1.66. The molecule has 1 aromatic carbocycles. The molecule has 1 aromatic rings. The van der Waals surface area contributed by atoms with Gasteiger partial charge in [-0.1, -0.05) is 24.3 Å². The number of anilines is 1. The maximum absolute atomic E-state index is 11.7. The number of ether oxygens (including phenoxy) is 1. The summed E-state index contributed by atoms with van der Waals surface area (Å²) in [6.45, 7) is 3.43. The number of benzene rings is 1. The van der Waals surface area contributed by atoms with Crippen LogP contribution in [0.4, 0.5) is 5.69 Å². The van der Waals surface area contributed by atoms with Gasteiger partial charge in [-0.05, 0) is 19.1 Å². The Hall–Kier alpha value is -2.10. The molecule has 96 valence electrons. The van der Waals surface area contributed by atoms with E-state index in [2.05, 4.69) is 4.74 Å². The molecule has 4 heteroatoms. The molecule has 4 nitrogen and oxygen atoms in total. The molecule has 1 amide bonds. The van der Waals surface area contributed by atoms with Crippen LogP contribution in [-0.4, -0.2) is 25.5 Å². The Morgan fingerprint density at radius 1 is 1.28 bits per heavy atom. The summed E-state index contributed by atoms with van der Waals surface area (Å²) in [5, 5.41) is 0. The van der Waals surface area contributed by atoms with Crippen LogP contribution in [0.15, 0.2) is 42.0 Å². The highest BCUT2D eigenvalue weighted by molar-refractivity contribution is 5.96. The van der Waals surface area contributed by atoms with Crippen molar-refractivity contribution in [3.63, 3.8) is 0 Å². The Kier molecular flexibility index (Phi) is 5.11. The lowest BCUT2D eigenvalue weighted by atomic mass is 10.2. The van der Waals surface area contributed by atoms with E-state index in [4.69, 9.17) is 0 Å². The average molecular weight is 247 g/mol. The number of carbonyl (C=O) groups is 2. The van der Waals surface area contributed by atoms with Gasteiger partial charge in [0.15, 0.2) is 0 Å². The quantitative estimate of drug-likeness (QED) is 0.605. The fraction of sp³-hybridized carbons (Fsp3) is 0.286. The van der Waals surface area contributed by atoms with Crippen LogP contribution < -0.4 is 4.90 Å². The summed E-state index contributed by atoms with van der Waals surface area (Å²) in [7, 11) is 1.33. The molecule has 0 radical (unpaired) electrons. The minimum absolute atomic E-state index is 0.121. The molecule has 0 aliphatic rings. The molecule has 0 unspecified atom stereocenters. The summed E-state index contributed by atoms with van der Waals surface area (Å²) in [5.41, 5.74) is 1.21. The monoisotopic (exact) mass is 247 g/mol. The van der Waals surface area contributed by atoms with Gasteiger partial charge in [-0.2, -0.15) is 0 Å². The SMILES string of the molecule is C/C=C(\CN(C(C)=O)c1ccccc1)C(=O)OC. The highest BCUT2D eigenvalue weighted by Crippen LogP contribution is 2.15. The first-order valence-corrected chi connectivity index (χ1v) is 5.66. The van der Waals surface area contributed by atoms with Crippen LogP contribution in [0.3, 0.4) is 0 Å². The van der Waals surface area contributed by atoms with E-state index in [-0.39, 0.29) is 12.5 Å². The molecule has 0 aliphatic heterocycles. The fourth-order valence-electron chi connectivity index (χ4n) is 1.57. The predicted octanol–water partition coefficient (Wildman–Crippen LogP) is 2.16. The third kappa shape index (κ3) is 3.45. The third-order valence-corrected chi connectivity index (χ3v) is 2.57. The van der Waals surface area contributed by atoms with E-state index in [0.717, 1.165) is 5.69 Å². The highest BCUT2D eigenvalue weighted by Gasteiger charge is 2.17. The molecule has 18 heavy (non-hydrogen) atoms. The molecule has 0 saturated heterocycles. The summed E-state index contributed by atoms with van der Waals surface area (Å²) in [4.78, 5) is 24.7. The summed E-state index contributed by atoms with van der Waals surface area (Å²) < 4.78 is 4.67. The molecule has 0 fully saturated rings. The molecule has 0 heterocycles. The number of esters is 1. The zero-order chi connectivity index (χ0) is 13.5. The van der Waals surface area contributed by atoms with E-state index in [9.17, 15) is 9.59 Å². The second-order valence-corrected chi connectivity index (χ2v) is 3.75. The second-order valence-electron chi connectivity index (χ2n) is 3.75. The van der Waals surface area contributed by atoms with Crippen LogP contribution in [0.1, 0.15) is 13.8 Å². The lowest BCUT2D eigenvalue weighted by Crippen LogP contribution is -2.32. The first-order chi connectivity index (χ1) is 8.60. The Bertz CT molecular complexity index is 451. The van der Waals surface area contributed by atoms with E-state index in [1.54, 1.807) is 13.0 Å². The van der Waals surface area contributed by atoms with Gasteiger partial charge in [0.2, 0.25) is 5.91 Å². The molecular weight excluding hydrogens is 230 g/mol. The van der Waals surface area contributed by atoms with Crippen molar-refractivity contribution in [3.05, 3.63) is 42.0 Å². The van der Waals surface area contributed by atoms with Crippen LogP contribution >= 0.6 is 0 Å². The Morgan fingerprint density at radius 2 is 1.89 bits per heavy atom. The summed E-state index contributed by atoms with van der Waals surface area (Å²) in [6, 6.07) is 9.22. The second kappa shape index (κ2) is 6.59. The van der Waals surface area contributed by atoms with Gasteiger partial charge in [-0.3, -0.25) is 4.79 Å². The Morgan fingerprint density at radius 3 is 2.33 bits per heavy atom. The van der Waals surface area contributed by atoms with Crippen molar-refractivity contribution in [1.29, 1.82) is 0 Å². The third-order valence-electron chi connectivity index (χ3n) is 2.57. The van der Waals surface area contributed by atoms with Crippen LogP contribution in [-0.2, 0) is 14.3 Å². The minimum atomic E-state index is -0.417. The molecular formula is C14H17NO3. The number of rotatable bonds is 4. The molecule has 0 atom stereocenters. The van der Waals surface area contributed by atoms with E-state index in [1.165, 1.54) is 18.9 Å². The van der Waals surface area contributed by atoms with Crippen LogP contribution in [0.2, 0.25) is 0 Å². The highest BCUT2D eigenvalue weighted by atomic mass is 16.5. The van der Waals surface area contributed by atoms with Gasteiger partial charge in [0.1, 0.15) is 0 Å². The van der Waals surface area contributed by atoms with Crippen molar-refractivity contribution in [2.75, 3.05) is 18.6 Å². The van der Waals surface area contributed by atoms with Gasteiger partial charge in [0.25, 0.3) is 0 Å². The van der Waals surface area contributed by atoms with Crippen LogP contribution in [0.25, 0.3) is 0 Å². The number of methoxy groups -OCH3 is 1. The predicted molar refractivity (Wildman–Crippen MR) is 70.2 cm³/mol. The maximum Gasteiger partial charge on any atom is 0.335 e. The fourth-order valence-corrected chi connectivity index (χ4v) is 1.57. The lowest BCUT2D eigenvalue weighted by molar-refractivity contribution is -0.136. The molecule has 0 aliphatic carbocycles. The summed E-state index contributed by atoms with van der Waals surface area (Å²) in [5.74, 6) is -0.538. The Balaban J connectivity index is 2.95. The maximum atomic E-state index is 11.7. The molecule has 0 aromatic heterocycles.